The highest BCUT2D eigenvalue weighted by Crippen LogP contribution is 2.34. The average molecular weight is 288 g/mol. The second-order valence-corrected chi connectivity index (χ2v) is 4.86. The molecule has 1 amide bonds. The van der Waals surface area contributed by atoms with Crippen molar-refractivity contribution in [3.05, 3.63) is 29.6 Å². The van der Waals surface area contributed by atoms with Crippen LogP contribution in [0, 0.1) is 13.8 Å². The Hall–Kier alpha value is -2.70. The summed E-state index contributed by atoms with van der Waals surface area (Å²) in [4.78, 5) is 12.1. The summed E-state index contributed by atoms with van der Waals surface area (Å²) in [6.07, 6.45) is 0. The van der Waals surface area contributed by atoms with E-state index in [1.165, 1.54) is 0 Å². The minimum atomic E-state index is -0.181. The van der Waals surface area contributed by atoms with Crippen LogP contribution in [0.1, 0.15) is 11.4 Å². The Kier molecular flexibility index (Phi) is 3.17. The molecule has 7 heteroatoms. The molecule has 7 nitrogen and oxygen atoms in total. The van der Waals surface area contributed by atoms with Gasteiger partial charge < -0.3 is 20.5 Å². The van der Waals surface area contributed by atoms with Gasteiger partial charge in [0.05, 0.1) is 17.1 Å². The number of hydrogen-bond acceptors (Lipinski definition) is 5. The number of hydrogen-bond donors (Lipinski definition) is 2. The summed E-state index contributed by atoms with van der Waals surface area (Å²) in [6, 6.07) is 5.26. The topological polar surface area (TPSA) is 91.4 Å². The number of aromatic nitrogens is 2. The van der Waals surface area contributed by atoms with Crippen LogP contribution in [-0.2, 0) is 11.3 Å². The van der Waals surface area contributed by atoms with E-state index in [0.29, 0.717) is 22.9 Å². The quantitative estimate of drug-likeness (QED) is 0.892. The number of anilines is 2. The lowest BCUT2D eigenvalue weighted by Crippen LogP contribution is -2.20. The first-order chi connectivity index (χ1) is 10.0. The molecule has 0 atom stereocenters. The number of fused-ring (bicyclic) bond motifs is 1. The van der Waals surface area contributed by atoms with E-state index in [0.717, 1.165) is 11.4 Å². The number of benzene rings is 1. The number of nitrogens with one attached hydrogen (secondary N) is 1. The number of rotatable bonds is 3. The first-order valence-electron chi connectivity index (χ1n) is 6.53. The summed E-state index contributed by atoms with van der Waals surface area (Å²) in [7, 11) is 0. The zero-order valence-corrected chi connectivity index (χ0v) is 11.8. The van der Waals surface area contributed by atoms with E-state index in [-0.39, 0.29) is 19.2 Å². The van der Waals surface area contributed by atoms with Crippen LogP contribution in [0.15, 0.2) is 18.2 Å². The van der Waals surface area contributed by atoms with Crippen molar-refractivity contribution in [1.82, 2.24) is 9.78 Å². The predicted octanol–water partition coefficient (Wildman–Crippen LogP) is 1.45. The Morgan fingerprint density at radius 2 is 2.14 bits per heavy atom. The molecule has 0 unspecified atom stereocenters. The summed E-state index contributed by atoms with van der Waals surface area (Å²) in [5.74, 6) is 1.13. The fourth-order valence-corrected chi connectivity index (χ4v) is 2.18. The maximum absolute atomic E-state index is 12.1. The number of ether oxygens (including phenoxy) is 2. The molecular formula is C14H16N4O3. The van der Waals surface area contributed by atoms with Gasteiger partial charge in [-0.25, -0.2) is 0 Å². The molecule has 0 bridgehead atoms. The zero-order chi connectivity index (χ0) is 15.0. The molecule has 2 heterocycles. The van der Waals surface area contributed by atoms with E-state index in [4.69, 9.17) is 15.2 Å². The highest BCUT2D eigenvalue weighted by molar-refractivity contribution is 5.91. The smallest absolute Gasteiger partial charge is 0.246 e. The molecule has 2 aromatic rings. The standard InChI is InChI=1S/C14H16N4O3/c1-8-14(15)9(2)18(17-8)6-13(19)16-10-3-4-11-12(5-10)21-7-20-11/h3-5H,6-7,15H2,1-2H3,(H,16,19). The number of aryl methyl sites for hydroxylation is 1. The molecule has 1 aliphatic heterocycles. The molecule has 1 aliphatic rings. The largest absolute Gasteiger partial charge is 0.454 e. The minimum Gasteiger partial charge on any atom is -0.454 e. The number of carbonyl (C=O) groups excluding carboxylic acids is 1. The Balaban J connectivity index is 1.70. The second kappa shape index (κ2) is 5.01. The van der Waals surface area contributed by atoms with Gasteiger partial charge in [0.2, 0.25) is 12.7 Å². The van der Waals surface area contributed by atoms with Crippen LogP contribution in [-0.4, -0.2) is 22.5 Å². The number of amides is 1. The van der Waals surface area contributed by atoms with Gasteiger partial charge in [-0.3, -0.25) is 9.48 Å². The Morgan fingerprint density at radius 3 is 2.86 bits per heavy atom. The van der Waals surface area contributed by atoms with Gasteiger partial charge in [0.15, 0.2) is 11.5 Å². The molecule has 0 fully saturated rings. The van der Waals surface area contributed by atoms with Crippen LogP contribution in [0.5, 0.6) is 11.5 Å². The molecule has 1 aromatic carbocycles. The summed E-state index contributed by atoms with van der Waals surface area (Å²) in [6.45, 7) is 3.97. The van der Waals surface area contributed by atoms with Crippen molar-refractivity contribution >= 4 is 17.3 Å². The van der Waals surface area contributed by atoms with E-state index in [2.05, 4.69) is 10.4 Å². The summed E-state index contributed by atoms with van der Waals surface area (Å²) >= 11 is 0. The molecule has 0 radical (unpaired) electrons. The Labute approximate surface area is 121 Å². The third kappa shape index (κ3) is 2.49. The van der Waals surface area contributed by atoms with Gasteiger partial charge in [0.25, 0.3) is 0 Å². The highest BCUT2D eigenvalue weighted by Gasteiger charge is 2.15. The third-order valence-electron chi connectivity index (χ3n) is 3.39. The van der Waals surface area contributed by atoms with Gasteiger partial charge in [0.1, 0.15) is 6.54 Å². The normalized spacial score (nSPS) is 12.5. The number of nitrogens with two attached hydrogens (primary N) is 1. The molecule has 3 rings (SSSR count). The number of carbonyl (C=O) groups is 1. The van der Waals surface area contributed by atoms with Crippen LogP contribution >= 0.6 is 0 Å². The Bertz CT molecular complexity index is 708. The molecule has 21 heavy (non-hydrogen) atoms. The van der Waals surface area contributed by atoms with E-state index in [9.17, 15) is 4.79 Å². The van der Waals surface area contributed by atoms with Crippen molar-refractivity contribution in [3.8, 4) is 11.5 Å². The minimum absolute atomic E-state index is 0.109. The van der Waals surface area contributed by atoms with Crippen LogP contribution in [0.2, 0.25) is 0 Å². The second-order valence-electron chi connectivity index (χ2n) is 4.86. The molecule has 110 valence electrons. The number of nitrogens with zero attached hydrogens (tertiary/aromatic N) is 2. The molecule has 0 saturated heterocycles. The van der Waals surface area contributed by atoms with Crippen LogP contribution in [0.3, 0.4) is 0 Å². The zero-order valence-electron chi connectivity index (χ0n) is 11.8. The van der Waals surface area contributed by atoms with E-state index in [1.54, 1.807) is 22.9 Å². The highest BCUT2D eigenvalue weighted by atomic mass is 16.7. The van der Waals surface area contributed by atoms with E-state index in [1.807, 2.05) is 13.8 Å². The molecule has 0 aliphatic carbocycles. The van der Waals surface area contributed by atoms with Gasteiger partial charge in [-0.2, -0.15) is 5.10 Å². The molecular weight excluding hydrogens is 272 g/mol. The maximum Gasteiger partial charge on any atom is 0.246 e. The lowest BCUT2D eigenvalue weighted by molar-refractivity contribution is -0.116. The predicted molar refractivity (Wildman–Crippen MR) is 77.3 cm³/mol. The van der Waals surface area contributed by atoms with Crippen LogP contribution < -0.4 is 20.5 Å². The SMILES string of the molecule is Cc1nn(CC(=O)Nc2ccc3c(c2)OCO3)c(C)c1N. The fraction of sp³-hybridized carbons (Fsp3) is 0.286. The maximum atomic E-state index is 12.1. The fourth-order valence-electron chi connectivity index (χ4n) is 2.18. The van der Waals surface area contributed by atoms with E-state index < -0.39 is 0 Å². The van der Waals surface area contributed by atoms with Crippen molar-refractivity contribution in [2.75, 3.05) is 17.8 Å². The van der Waals surface area contributed by atoms with Crippen molar-refractivity contribution in [2.45, 2.75) is 20.4 Å². The molecule has 1 aromatic heterocycles. The third-order valence-corrected chi connectivity index (χ3v) is 3.39. The van der Waals surface area contributed by atoms with Gasteiger partial charge in [-0.1, -0.05) is 0 Å². The number of nitrogen functional groups attached to an aromatic ring is 1. The van der Waals surface area contributed by atoms with Gasteiger partial charge in [0, 0.05) is 11.8 Å². The monoisotopic (exact) mass is 288 g/mol. The van der Waals surface area contributed by atoms with E-state index >= 15 is 0 Å². The van der Waals surface area contributed by atoms with Gasteiger partial charge in [-0.15, -0.1) is 0 Å². The lowest BCUT2D eigenvalue weighted by atomic mass is 10.2. The summed E-state index contributed by atoms with van der Waals surface area (Å²) in [5.41, 5.74) is 8.63. The first kappa shape index (κ1) is 13.3. The van der Waals surface area contributed by atoms with Crippen molar-refractivity contribution < 1.29 is 14.3 Å². The van der Waals surface area contributed by atoms with Crippen LogP contribution in [0.4, 0.5) is 11.4 Å². The van der Waals surface area contributed by atoms with Gasteiger partial charge in [-0.05, 0) is 26.0 Å². The van der Waals surface area contributed by atoms with Crippen LogP contribution in [0.25, 0.3) is 0 Å². The first-order valence-corrected chi connectivity index (χ1v) is 6.53. The van der Waals surface area contributed by atoms with Crippen molar-refractivity contribution in [2.24, 2.45) is 0 Å². The summed E-state index contributed by atoms with van der Waals surface area (Å²) in [5, 5.41) is 7.04. The lowest BCUT2D eigenvalue weighted by Gasteiger charge is -2.07. The van der Waals surface area contributed by atoms with Crippen molar-refractivity contribution in [3.63, 3.8) is 0 Å². The Morgan fingerprint density at radius 1 is 1.38 bits per heavy atom. The average Bonchev–Trinajstić information content (AvgIpc) is 3.00. The van der Waals surface area contributed by atoms with Crippen molar-refractivity contribution in [1.29, 1.82) is 0 Å². The summed E-state index contributed by atoms with van der Waals surface area (Å²) < 4.78 is 12.1. The molecule has 0 saturated carbocycles. The molecule has 3 N–H and O–H groups in total. The van der Waals surface area contributed by atoms with Gasteiger partial charge >= 0.3 is 0 Å². The molecule has 0 spiro atoms.